The number of H-pyrrole nitrogens is 1. The summed E-state index contributed by atoms with van der Waals surface area (Å²) in [5, 5.41) is 1.24. The van der Waals surface area contributed by atoms with Crippen LogP contribution < -0.4 is 0 Å². The van der Waals surface area contributed by atoms with Crippen molar-refractivity contribution in [1.82, 2.24) is 24.7 Å². The molecular formula is C25H34ClN5O2. The lowest BCUT2D eigenvalue weighted by Gasteiger charge is -2.48. The van der Waals surface area contributed by atoms with Crippen LogP contribution in [0.15, 0.2) is 18.5 Å². The molecule has 0 bridgehead atoms. The van der Waals surface area contributed by atoms with Crippen molar-refractivity contribution in [2.75, 3.05) is 46.3 Å². The SMILES string of the molecule is CN1CCC(CC(=O)N2CCCC3(CCCN(C(=O)c4cnc5[nH]ccc5c4Cl)C3)C2)CC1. The number of likely N-dealkylation sites (tertiary alicyclic amines) is 3. The predicted molar refractivity (Wildman–Crippen MR) is 129 cm³/mol. The van der Waals surface area contributed by atoms with E-state index in [0.717, 1.165) is 76.6 Å². The Morgan fingerprint density at radius 2 is 1.82 bits per heavy atom. The maximum absolute atomic E-state index is 13.4. The van der Waals surface area contributed by atoms with Gasteiger partial charge in [0.25, 0.3) is 5.91 Å². The van der Waals surface area contributed by atoms with E-state index in [4.69, 9.17) is 11.6 Å². The Labute approximate surface area is 200 Å². The Morgan fingerprint density at radius 3 is 2.58 bits per heavy atom. The molecule has 3 aliphatic rings. The highest BCUT2D eigenvalue weighted by Crippen LogP contribution is 2.40. The van der Waals surface area contributed by atoms with Gasteiger partial charge in [0.05, 0.1) is 10.6 Å². The van der Waals surface area contributed by atoms with Crippen molar-refractivity contribution in [3.63, 3.8) is 0 Å². The van der Waals surface area contributed by atoms with Crippen LogP contribution in [0.4, 0.5) is 0 Å². The molecule has 0 saturated carbocycles. The summed E-state index contributed by atoms with van der Waals surface area (Å²) in [6.07, 6.45) is 10.4. The number of carbonyl (C=O) groups excluding carboxylic acids is 2. The number of carbonyl (C=O) groups is 2. The summed E-state index contributed by atoms with van der Waals surface area (Å²) in [6.45, 7) is 5.21. The van der Waals surface area contributed by atoms with Crippen LogP contribution in [0.3, 0.4) is 0 Å². The first-order chi connectivity index (χ1) is 15.9. The van der Waals surface area contributed by atoms with E-state index < -0.39 is 0 Å². The van der Waals surface area contributed by atoms with Gasteiger partial charge in [-0.05, 0) is 70.6 Å². The van der Waals surface area contributed by atoms with Crippen LogP contribution in [-0.2, 0) is 4.79 Å². The minimum absolute atomic E-state index is 0.00725. The van der Waals surface area contributed by atoms with Crippen LogP contribution >= 0.6 is 11.6 Å². The first kappa shape index (κ1) is 22.7. The molecule has 7 nitrogen and oxygen atoms in total. The number of hydrogen-bond donors (Lipinski definition) is 1. The zero-order valence-corrected chi connectivity index (χ0v) is 20.2. The zero-order valence-electron chi connectivity index (χ0n) is 19.5. The number of halogens is 1. The average Bonchev–Trinajstić information content (AvgIpc) is 3.30. The smallest absolute Gasteiger partial charge is 0.256 e. The van der Waals surface area contributed by atoms with Crippen molar-refractivity contribution < 1.29 is 9.59 Å². The third kappa shape index (κ3) is 4.62. The normalized spacial score (nSPS) is 25.2. The van der Waals surface area contributed by atoms with Crippen LogP contribution in [0.5, 0.6) is 0 Å². The number of rotatable bonds is 3. The first-order valence-electron chi connectivity index (χ1n) is 12.3. The number of aromatic nitrogens is 2. The van der Waals surface area contributed by atoms with Crippen LogP contribution in [0.25, 0.3) is 11.0 Å². The minimum Gasteiger partial charge on any atom is -0.346 e. The summed E-state index contributed by atoms with van der Waals surface area (Å²) >= 11 is 6.58. The molecule has 1 spiro atoms. The van der Waals surface area contributed by atoms with E-state index in [2.05, 4.69) is 26.8 Å². The third-order valence-electron chi connectivity index (χ3n) is 8.02. The van der Waals surface area contributed by atoms with E-state index >= 15 is 0 Å². The van der Waals surface area contributed by atoms with E-state index in [-0.39, 0.29) is 11.3 Å². The number of pyridine rings is 1. The maximum atomic E-state index is 13.4. The summed E-state index contributed by atoms with van der Waals surface area (Å²) in [5.41, 5.74) is 1.15. The molecule has 3 fully saturated rings. The van der Waals surface area contributed by atoms with Crippen LogP contribution in [0, 0.1) is 11.3 Å². The van der Waals surface area contributed by atoms with E-state index in [1.807, 2.05) is 11.0 Å². The van der Waals surface area contributed by atoms with Crippen LogP contribution in [-0.4, -0.2) is 82.8 Å². The molecule has 3 saturated heterocycles. The molecule has 0 radical (unpaired) electrons. The number of fused-ring (bicyclic) bond motifs is 1. The topological polar surface area (TPSA) is 72.5 Å². The second-order valence-electron chi connectivity index (χ2n) is 10.4. The van der Waals surface area contributed by atoms with Crippen molar-refractivity contribution in [2.24, 2.45) is 11.3 Å². The molecule has 33 heavy (non-hydrogen) atoms. The van der Waals surface area contributed by atoms with Crippen molar-refractivity contribution in [2.45, 2.75) is 44.9 Å². The van der Waals surface area contributed by atoms with Gasteiger partial charge in [-0.3, -0.25) is 9.59 Å². The van der Waals surface area contributed by atoms with Gasteiger partial charge in [0.2, 0.25) is 5.91 Å². The second kappa shape index (κ2) is 9.26. The summed E-state index contributed by atoms with van der Waals surface area (Å²) in [5.74, 6) is 0.760. The molecule has 2 aromatic rings. The van der Waals surface area contributed by atoms with Gasteiger partial charge in [-0.25, -0.2) is 4.98 Å². The fourth-order valence-corrected chi connectivity index (χ4v) is 6.35. The number of amides is 2. The van der Waals surface area contributed by atoms with Crippen molar-refractivity contribution in [1.29, 1.82) is 0 Å². The molecule has 2 aromatic heterocycles. The number of piperidine rings is 3. The van der Waals surface area contributed by atoms with E-state index in [0.29, 0.717) is 41.0 Å². The monoisotopic (exact) mass is 471 g/mol. The van der Waals surface area contributed by atoms with Gasteiger partial charge in [0.15, 0.2) is 0 Å². The van der Waals surface area contributed by atoms with Crippen LogP contribution in [0.1, 0.15) is 55.3 Å². The number of aromatic amines is 1. The molecule has 3 aliphatic heterocycles. The molecule has 0 aliphatic carbocycles. The van der Waals surface area contributed by atoms with Crippen molar-refractivity contribution >= 4 is 34.4 Å². The predicted octanol–water partition coefficient (Wildman–Crippen LogP) is 3.79. The van der Waals surface area contributed by atoms with E-state index in [1.165, 1.54) is 0 Å². The molecule has 2 amide bonds. The second-order valence-corrected chi connectivity index (χ2v) is 10.8. The highest BCUT2D eigenvalue weighted by Gasteiger charge is 2.42. The molecule has 1 unspecified atom stereocenters. The average molecular weight is 472 g/mol. The molecule has 178 valence electrons. The standard InChI is InChI=1S/C25H34ClN5O2/c1-29-12-5-18(6-13-29)14-21(32)30-10-2-7-25(16-30)8-3-11-31(17-25)24(33)20-15-28-23-19(22(20)26)4-9-27-23/h4,9,15,18H,2-3,5-8,10-14,16-17H2,1H3,(H,27,28). The Kier molecular flexibility index (Phi) is 6.36. The summed E-state index contributed by atoms with van der Waals surface area (Å²) in [6, 6.07) is 1.86. The molecule has 5 rings (SSSR count). The first-order valence-corrected chi connectivity index (χ1v) is 12.7. The summed E-state index contributed by atoms with van der Waals surface area (Å²) in [4.78, 5) is 40.4. The van der Waals surface area contributed by atoms with Gasteiger partial charge in [-0.15, -0.1) is 0 Å². The molecule has 5 heterocycles. The molecular weight excluding hydrogens is 438 g/mol. The molecule has 8 heteroatoms. The maximum Gasteiger partial charge on any atom is 0.256 e. The van der Waals surface area contributed by atoms with Gasteiger partial charge in [-0.1, -0.05) is 11.6 Å². The molecule has 1 atom stereocenters. The van der Waals surface area contributed by atoms with Gasteiger partial charge in [0, 0.05) is 55.8 Å². The number of nitrogens with one attached hydrogen (secondary N) is 1. The lowest BCUT2D eigenvalue weighted by molar-refractivity contribution is -0.137. The Balaban J connectivity index is 1.26. The van der Waals surface area contributed by atoms with E-state index in [1.54, 1.807) is 12.4 Å². The van der Waals surface area contributed by atoms with E-state index in [9.17, 15) is 9.59 Å². The summed E-state index contributed by atoms with van der Waals surface area (Å²) < 4.78 is 0. The lowest BCUT2D eigenvalue weighted by Crippen LogP contribution is -2.55. The Hall–Kier alpha value is -2.12. The Morgan fingerprint density at radius 1 is 1.12 bits per heavy atom. The third-order valence-corrected chi connectivity index (χ3v) is 8.42. The van der Waals surface area contributed by atoms with Gasteiger partial charge in [0.1, 0.15) is 5.65 Å². The zero-order chi connectivity index (χ0) is 23.0. The van der Waals surface area contributed by atoms with Gasteiger partial charge in [-0.2, -0.15) is 0 Å². The minimum atomic E-state index is -0.0514. The largest absolute Gasteiger partial charge is 0.346 e. The van der Waals surface area contributed by atoms with Crippen molar-refractivity contribution in [3.8, 4) is 0 Å². The lowest BCUT2D eigenvalue weighted by atomic mass is 9.73. The summed E-state index contributed by atoms with van der Waals surface area (Å²) in [7, 11) is 2.15. The quantitative estimate of drug-likeness (QED) is 0.739. The fourth-order valence-electron chi connectivity index (χ4n) is 6.07. The highest BCUT2D eigenvalue weighted by atomic mass is 35.5. The van der Waals surface area contributed by atoms with Gasteiger partial charge < -0.3 is 19.7 Å². The van der Waals surface area contributed by atoms with Crippen LogP contribution in [0.2, 0.25) is 5.02 Å². The number of nitrogens with zero attached hydrogens (tertiary/aromatic N) is 4. The molecule has 1 N–H and O–H groups in total. The van der Waals surface area contributed by atoms with Crippen molar-refractivity contribution in [3.05, 3.63) is 29.0 Å². The fraction of sp³-hybridized carbons (Fsp3) is 0.640. The number of hydrogen-bond acceptors (Lipinski definition) is 4. The molecule has 0 aromatic carbocycles. The Bertz CT molecular complexity index is 1030. The van der Waals surface area contributed by atoms with Gasteiger partial charge >= 0.3 is 0 Å². The highest BCUT2D eigenvalue weighted by molar-refractivity contribution is 6.38.